The van der Waals surface area contributed by atoms with Crippen molar-refractivity contribution in [2.24, 2.45) is 5.92 Å². The number of hydrogen-bond donors (Lipinski definition) is 3. The van der Waals surface area contributed by atoms with Crippen LogP contribution in [0.2, 0.25) is 0 Å². The highest BCUT2D eigenvalue weighted by Crippen LogP contribution is 2.45. The van der Waals surface area contributed by atoms with Crippen LogP contribution in [0.3, 0.4) is 0 Å². The minimum absolute atomic E-state index is 0.108. The van der Waals surface area contributed by atoms with Gasteiger partial charge in [0.05, 0.1) is 26.4 Å². The molecule has 0 rings (SSSR count). The van der Waals surface area contributed by atoms with Crippen molar-refractivity contribution < 1.29 is 80.2 Å². The molecule has 5 atom stereocenters. The van der Waals surface area contributed by atoms with Gasteiger partial charge in [-0.25, -0.2) is 9.13 Å². The number of hydrogen-bond acceptors (Lipinski definition) is 15. The molecule has 0 aromatic carbocycles. The molecule has 0 saturated carbocycles. The molecule has 0 aromatic heterocycles. The fourth-order valence-electron chi connectivity index (χ4n) is 13.6. The molecule has 106 heavy (non-hydrogen) atoms. The van der Waals surface area contributed by atoms with Crippen molar-refractivity contribution in [3.05, 3.63) is 0 Å². The van der Waals surface area contributed by atoms with Crippen molar-refractivity contribution >= 4 is 39.5 Å². The summed E-state index contributed by atoms with van der Waals surface area (Å²) >= 11 is 0. The van der Waals surface area contributed by atoms with E-state index in [1.54, 1.807) is 0 Å². The van der Waals surface area contributed by atoms with E-state index in [0.717, 1.165) is 95.8 Å². The molecule has 0 bridgehead atoms. The third kappa shape index (κ3) is 80.1. The van der Waals surface area contributed by atoms with E-state index in [4.69, 9.17) is 37.0 Å². The van der Waals surface area contributed by atoms with E-state index in [0.29, 0.717) is 25.7 Å². The predicted molar refractivity (Wildman–Crippen MR) is 437 cm³/mol. The van der Waals surface area contributed by atoms with Gasteiger partial charge in [-0.1, -0.05) is 420 Å². The van der Waals surface area contributed by atoms with Crippen LogP contribution in [0.5, 0.6) is 0 Å². The number of aliphatic hydroxyl groups excluding tert-OH is 1. The average Bonchev–Trinajstić information content (AvgIpc) is 0.910. The number of phosphoric ester groups is 2. The molecule has 0 aromatic rings. The molecule has 3 N–H and O–H groups in total. The van der Waals surface area contributed by atoms with Crippen LogP contribution in [0.25, 0.3) is 0 Å². The van der Waals surface area contributed by atoms with Crippen molar-refractivity contribution in [3.8, 4) is 0 Å². The molecule has 0 fully saturated rings. The van der Waals surface area contributed by atoms with Gasteiger partial charge in [0, 0.05) is 25.7 Å². The molecular formula is C87H170O17P2. The molecule has 17 nitrogen and oxygen atoms in total. The molecule has 0 aliphatic rings. The summed E-state index contributed by atoms with van der Waals surface area (Å²) in [4.78, 5) is 73.3. The Morgan fingerprint density at radius 1 is 0.255 bits per heavy atom. The van der Waals surface area contributed by atoms with Crippen LogP contribution in [0.1, 0.15) is 471 Å². The highest BCUT2D eigenvalue weighted by Gasteiger charge is 2.30. The van der Waals surface area contributed by atoms with Crippen LogP contribution in [0, 0.1) is 5.92 Å². The zero-order valence-electron chi connectivity index (χ0n) is 69.6. The summed E-state index contributed by atoms with van der Waals surface area (Å²) in [6.07, 6.45) is 73.6. The maximum absolute atomic E-state index is 13.2. The van der Waals surface area contributed by atoms with Gasteiger partial charge >= 0.3 is 39.5 Å². The molecule has 0 saturated heterocycles. The van der Waals surface area contributed by atoms with Gasteiger partial charge in [0.1, 0.15) is 19.3 Å². The summed E-state index contributed by atoms with van der Waals surface area (Å²) in [7, 11) is -9.93. The maximum Gasteiger partial charge on any atom is 0.472 e. The van der Waals surface area contributed by atoms with Gasteiger partial charge in [0.2, 0.25) is 0 Å². The van der Waals surface area contributed by atoms with E-state index in [2.05, 4.69) is 34.6 Å². The summed E-state index contributed by atoms with van der Waals surface area (Å²) in [6, 6.07) is 0. The fourth-order valence-corrected chi connectivity index (χ4v) is 15.2. The minimum Gasteiger partial charge on any atom is -0.462 e. The summed E-state index contributed by atoms with van der Waals surface area (Å²) in [5, 5.41) is 10.7. The van der Waals surface area contributed by atoms with E-state index in [-0.39, 0.29) is 25.7 Å². The van der Waals surface area contributed by atoms with Gasteiger partial charge < -0.3 is 33.8 Å². The standard InChI is InChI=1S/C87H170O17P2/c1-6-9-12-15-18-21-24-27-30-32-34-36-38-41-44-47-52-58-63-68-73-87(92)103-82(76-97-84(89)70-65-60-55-50-45-42-40-37-35-33-31-28-25-22-19-16-13-10-7-2)78-101-105(93,94)99-74-81(88)75-100-106(95,96)102-79-83(77-98-85(90)71-66-61-56-53-48-49-54-59-64-69-80(4)5)104-86(91)72-67-62-57-51-46-43-39-29-26-23-20-17-14-11-8-3/h80-83,88H,6-79H2,1-5H3,(H,93,94)(H,95,96)/t81-,82-,83-/m1/s1. The lowest BCUT2D eigenvalue weighted by Gasteiger charge is -2.21. The monoisotopic (exact) mass is 1550 g/mol. The van der Waals surface area contributed by atoms with Gasteiger partial charge in [-0.05, 0) is 31.6 Å². The lowest BCUT2D eigenvalue weighted by atomic mass is 10.0. The SMILES string of the molecule is CCCCCCCCCCCCCCCCCCCCCCC(=O)O[C@H](COC(=O)CCCCCCCCCCCCCCCCCCCCC)COP(=O)(O)OC[C@@H](O)COP(=O)(O)OC[C@@H](COC(=O)CCCCCCCCCCCC(C)C)OC(=O)CCCCCCCCCCCCCCCCC. The molecule has 630 valence electrons. The molecule has 0 aliphatic carbocycles. The first-order chi connectivity index (χ1) is 51.5. The third-order valence-corrected chi connectivity index (χ3v) is 22.4. The first-order valence-electron chi connectivity index (χ1n) is 45.1. The Hall–Kier alpha value is -1.94. The number of carbonyl (C=O) groups is 4. The number of aliphatic hydroxyl groups is 1. The molecule has 0 heterocycles. The highest BCUT2D eigenvalue weighted by molar-refractivity contribution is 7.47. The number of unbranched alkanes of at least 4 members (excludes halogenated alkanes) is 59. The number of esters is 4. The molecule has 0 spiro atoms. The Labute approximate surface area is 651 Å². The largest absolute Gasteiger partial charge is 0.472 e. The van der Waals surface area contributed by atoms with Gasteiger partial charge in [0.15, 0.2) is 12.2 Å². The quantitative estimate of drug-likeness (QED) is 0.0222. The summed E-state index contributed by atoms with van der Waals surface area (Å²) in [5.74, 6) is -1.35. The van der Waals surface area contributed by atoms with Crippen LogP contribution < -0.4 is 0 Å². The highest BCUT2D eigenvalue weighted by atomic mass is 31.2. The van der Waals surface area contributed by atoms with Crippen molar-refractivity contribution in [1.29, 1.82) is 0 Å². The van der Waals surface area contributed by atoms with E-state index >= 15 is 0 Å². The molecular weight excluding hydrogens is 1380 g/mol. The van der Waals surface area contributed by atoms with Crippen molar-refractivity contribution in [3.63, 3.8) is 0 Å². The summed E-state index contributed by atoms with van der Waals surface area (Å²) < 4.78 is 69.0. The normalized spacial score (nSPS) is 13.7. The summed E-state index contributed by atoms with van der Waals surface area (Å²) in [6.45, 7) is 7.36. The third-order valence-electron chi connectivity index (χ3n) is 20.5. The van der Waals surface area contributed by atoms with E-state index in [9.17, 15) is 43.2 Å². The van der Waals surface area contributed by atoms with Crippen molar-refractivity contribution in [1.82, 2.24) is 0 Å². The number of rotatable bonds is 87. The molecule has 0 radical (unpaired) electrons. The second-order valence-electron chi connectivity index (χ2n) is 31.8. The average molecular weight is 1550 g/mol. The lowest BCUT2D eigenvalue weighted by Crippen LogP contribution is -2.30. The van der Waals surface area contributed by atoms with Crippen LogP contribution in [-0.2, 0) is 65.4 Å². The van der Waals surface area contributed by atoms with Gasteiger partial charge in [-0.3, -0.25) is 37.3 Å². The smallest absolute Gasteiger partial charge is 0.462 e. The van der Waals surface area contributed by atoms with E-state index < -0.39 is 97.5 Å². The Kier molecular flexibility index (Phi) is 78.2. The molecule has 2 unspecified atom stereocenters. The second kappa shape index (κ2) is 79.7. The minimum atomic E-state index is -4.97. The van der Waals surface area contributed by atoms with Gasteiger partial charge in [-0.15, -0.1) is 0 Å². The van der Waals surface area contributed by atoms with Gasteiger partial charge in [-0.2, -0.15) is 0 Å². The Balaban J connectivity index is 5.25. The summed E-state index contributed by atoms with van der Waals surface area (Å²) in [5.41, 5.74) is 0. The fraction of sp³-hybridized carbons (Fsp3) is 0.954. The lowest BCUT2D eigenvalue weighted by molar-refractivity contribution is -0.161. The van der Waals surface area contributed by atoms with Crippen LogP contribution in [-0.4, -0.2) is 96.7 Å². The Bertz CT molecular complexity index is 2010. The Morgan fingerprint density at radius 2 is 0.434 bits per heavy atom. The first kappa shape index (κ1) is 104. The number of carbonyl (C=O) groups excluding carboxylic acids is 4. The maximum atomic E-state index is 13.2. The van der Waals surface area contributed by atoms with Gasteiger partial charge in [0.25, 0.3) is 0 Å². The van der Waals surface area contributed by atoms with E-state index in [1.807, 2.05) is 0 Å². The number of phosphoric acid groups is 2. The molecule has 19 heteroatoms. The molecule has 0 amide bonds. The first-order valence-corrected chi connectivity index (χ1v) is 48.1. The van der Waals surface area contributed by atoms with Crippen LogP contribution in [0.15, 0.2) is 0 Å². The predicted octanol–water partition coefficient (Wildman–Crippen LogP) is 26.8. The van der Waals surface area contributed by atoms with Crippen molar-refractivity contribution in [2.75, 3.05) is 39.6 Å². The van der Waals surface area contributed by atoms with Crippen LogP contribution in [0.4, 0.5) is 0 Å². The molecule has 0 aliphatic heterocycles. The topological polar surface area (TPSA) is 237 Å². The van der Waals surface area contributed by atoms with Crippen molar-refractivity contribution in [2.45, 2.75) is 490 Å². The zero-order valence-corrected chi connectivity index (χ0v) is 71.4. The Morgan fingerprint density at radius 3 is 0.642 bits per heavy atom. The zero-order chi connectivity index (χ0) is 77.6. The number of ether oxygens (including phenoxy) is 4. The van der Waals surface area contributed by atoms with Crippen LogP contribution >= 0.6 is 15.6 Å². The van der Waals surface area contributed by atoms with E-state index in [1.165, 1.54) is 295 Å². The second-order valence-corrected chi connectivity index (χ2v) is 34.7.